The minimum Gasteiger partial charge on any atom is -0.338 e. The molecule has 0 aliphatic carbocycles. The highest BCUT2D eigenvalue weighted by Gasteiger charge is 2.40. The smallest absolute Gasteiger partial charge is 0.146 e. The Kier molecular flexibility index (Phi) is 15.2. The van der Waals surface area contributed by atoms with Gasteiger partial charge in [-0.3, -0.25) is 0 Å². The Balaban J connectivity index is 6.16. The molecule has 0 aromatic heterocycles. The maximum atomic E-state index is 4.29. The predicted molar refractivity (Wildman–Crippen MR) is 203 cm³/mol. The Morgan fingerprint density at radius 2 is 0.500 bits per heavy atom. The lowest BCUT2D eigenvalue weighted by molar-refractivity contribution is 0.329. The van der Waals surface area contributed by atoms with Crippen molar-refractivity contribution in [2.75, 3.05) is 39.3 Å². The van der Waals surface area contributed by atoms with Gasteiger partial charge in [-0.2, -0.15) is 0 Å². The molecule has 0 heterocycles. The molecule has 0 aromatic carbocycles. The first-order chi connectivity index (χ1) is 18.0. The van der Waals surface area contributed by atoms with Crippen LogP contribution in [0.4, 0.5) is 0 Å². The summed E-state index contributed by atoms with van der Waals surface area (Å²) in [6.45, 7) is 61.0. The number of rotatable bonds is 21. The van der Waals surface area contributed by atoms with Crippen molar-refractivity contribution in [2.45, 2.75) is 78.6 Å². The minimum atomic E-state index is -1.77. The summed E-state index contributed by atoms with van der Waals surface area (Å²) in [7, 11) is -10.5. The van der Waals surface area contributed by atoms with Crippen LogP contribution in [0.25, 0.3) is 0 Å². The quantitative estimate of drug-likeness (QED) is 0.118. The Bertz CT molecular complexity index is 783. The molecular formula is C30H66N4Si6. The average molecular weight is 651 g/mol. The van der Waals surface area contributed by atoms with Crippen LogP contribution in [0.1, 0.15) is 0 Å². The summed E-state index contributed by atoms with van der Waals surface area (Å²) < 4.78 is 11.2. The standard InChI is InChI=1S/C30H66N4Si6/c1-19-35(7,8)31(27-29-33(37(11,12)21-3)38(13,14)22-4)25-26-32(36(9,10)20-2)28-30-34(39(15,16)23-5)40(17,18)24-6/h19-24H,1-6,25-30H2,7-18H3. The van der Waals surface area contributed by atoms with Gasteiger partial charge < -0.3 is 17.6 Å². The van der Waals surface area contributed by atoms with Crippen molar-refractivity contribution in [3.8, 4) is 0 Å². The second kappa shape index (κ2) is 15.3. The molecule has 0 aliphatic rings. The summed E-state index contributed by atoms with van der Waals surface area (Å²) in [5.41, 5.74) is 13.4. The van der Waals surface area contributed by atoms with Gasteiger partial charge in [-0.25, -0.2) is 0 Å². The average Bonchev–Trinajstić information content (AvgIpc) is 2.88. The van der Waals surface area contributed by atoms with E-state index in [4.69, 9.17) is 0 Å². The molecule has 0 rings (SSSR count). The van der Waals surface area contributed by atoms with Crippen molar-refractivity contribution in [1.29, 1.82) is 0 Å². The molecule has 0 saturated carbocycles. The fourth-order valence-electron chi connectivity index (χ4n) is 5.40. The first kappa shape index (κ1) is 39.6. The summed E-state index contributed by atoms with van der Waals surface area (Å²) in [6.07, 6.45) is 0. The van der Waals surface area contributed by atoms with Gasteiger partial charge >= 0.3 is 0 Å². The van der Waals surface area contributed by atoms with Crippen LogP contribution in [-0.4, -0.2) is 106 Å². The third kappa shape index (κ3) is 10.7. The zero-order valence-corrected chi connectivity index (χ0v) is 34.7. The molecule has 0 bridgehead atoms. The molecule has 0 aromatic rings. The maximum Gasteiger partial charge on any atom is 0.146 e. The van der Waals surface area contributed by atoms with Crippen molar-refractivity contribution in [2.24, 2.45) is 0 Å². The van der Waals surface area contributed by atoms with Crippen LogP contribution in [0, 0.1) is 0 Å². The second-order valence-corrected chi connectivity index (χ2v) is 41.0. The molecule has 0 saturated heterocycles. The van der Waals surface area contributed by atoms with Gasteiger partial charge in [-0.1, -0.05) is 113 Å². The van der Waals surface area contributed by atoms with Gasteiger partial charge in [0.2, 0.25) is 0 Å². The number of hydrogen-bond acceptors (Lipinski definition) is 4. The van der Waals surface area contributed by atoms with Crippen LogP contribution >= 0.6 is 0 Å². The van der Waals surface area contributed by atoms with Crippen molar-refractivity contribution in [3.63, 3.8) is 0 Å². The molecule has 0 aliphatic heterocycles. The van der Waals surface area contributed by atoms with Crippen LogP contribution in [0.15, 0.2) is 73.7 Å². The summed E-state index contributed by atoms with van der Waals surface area (Å²) in [5.74, 6) is 0. The third-order valence-electron chi connectivity index (χ3n) is 9.24. The summed E-state index contributed by atoms with van der Waals surface area (Å²) in [4.78, 5) is 0. The zero-order chi connectivity index (χ0) is 31.8. The van der Waals surface area contributed by atoms with Gasteiger partial charge in [0.05, 0.1) is 0 Å². The zero-order valence-electron chi connectivity index (χ0n) is 28.7. The Hall–Kier alpha value is -0.419. The van der Waals surface area contributed by atoms with E-state index in [-0.39, 0.29) is 0 Å². The van der Waals surface area contributed by atoms with Crippen LogP contribution in [0.2, 0.25) is 78.6 Å². The van der Waals surface area contributed by atoms with Crippen LogP contribution < -0.4 is 0 Å². The van der Waals surface area contributed by atoms with Gasteiger partial charge in [0.25, 0.3) is 0 Å². The van der Waals surface area contributed by atoms with E-state index >= 15 is 0 Å². The van der Waals surface area contributed by atoms with Crippen molar-refractivity contribution in [1.82, 2.24) is 17.6 Å². The summed E-state index contributed by atoms with van der Waals surface area (Å²) in [5, 5.41) is 0. The van der Waals surface area contributed by atoms with Crippen molar-refractivity contribution >= 4 is 49.4 Å². The third-order valence-corrected chi connectivity index (χ3v) is 32.8. The van der Waals surface area contributed by atoms with Crippen LogP contribution in [0.5, 0.6) is 0 Å². The van der Waals surface area contributed by atoms with Crippen molar-refractivity contribution < 1.29 is 0 Å². The molecule has 4 nitrogen and oxygen atoms in total. The van der Waals surface area contributed by atoms with E-state index in [0.717, 1.165) is 39.3 Å². The highest BCUT2D eigenvalue weighted by molar-refractivity contribution is 6.95. The lowest BCUT2D eigenvalue weighted by atomic mass is 10.5. The lowest BCUT2D eigenvalue weighted by Crippen LogP contribution is -2.64. The predicted octanol–water partition coefficient (Wildman–Crippen LogP) is 7.78. The Morgan fingerprint density at radius 1 is 0.325 bits per heavy atom. The van der Waals surface area contributed by atoms with Crippen LogP contribution in [0.3, 0.4) is 0 Å². The highest BCUT2D eigenvalue weighted by atomic mass is 28.4. The summed E-state index contributed by atoms with van der Waals surface area (Å²) >= 11 is 0. The highest BCUT2D eigenvalue weighted by Crippen LogP contribution is 2.24. The van der Waals surface area contributed by atoms with Crippen LogP contribution in [-0.2, 0) is 0 Å². The second-order valence-electron chi connectivity index (χ2n) is 14.4. The largest absolute Gasteiger partial charge is 0.338 e. The molecule has 0 unspecified atom stereocenters. The molecule has 230 valence electrons. The normalized spacial score (nSPS) is 14.1. The fraction of sp³-hybridized carbons (Fsp3) is 0.600. The lowest BCUT2D eigenvalue weighted by Gasteiger charge is -2.47. The summed E-state index contributed by atoms with van der Waals surface area (Å²) in [6, 6.07) is 0. The first-order valence-corrected chi connectivity index (χ1v) is 33.1. The molecule has 0 atom stereocenters. The molecule has 0 fully saturated rings. The molecule has 40 heavy (non-hydrogen) atoms. The monoisotopic (exact) mass is 650 g/mol. The SMILES string of the molecule is C=C[Si](C)(C)N(CCN(CCN([Si](C)(C)C=C)[Si](C)(C)C=C)[Si](C)(C)C=C)CCN([Si](C)(C)C=C)[Si](C)(C)C=C. The van der Waals surface area contributed by atoms with Gasteiger partial charge in [-0.05, 0) is 13.1 Å². The molecule has 0 spiro atoms. The van der Waals surface area contributed by atoms with E-state index in [2.05, 4.69) is 170 Å². The van der Waals surface area contributed by atoms with E-state index in [1.807, 2.05) is 0 Å². The molecule has 0 N–H and O–H groups in total. The van der Waals surface area contributed by atoms with Gasteiger partial charge in [0.15, 0.2) is 0 Å². The number of nitrogens with zero attached hydrogens (tertiary/aromatic N) is 4. The minimum absolute atomic E-state index is 1.06. The molecule has 10 heteroatoms. The first-order valence-electron chi connectivity index (χ1n) is 14.9. The van der Waals surface area contributed by atoms with E-state index in [1.54, 1.807) is 0 Å². The Labute approximate surface area is 257 Å². The maximum absolute atomic E-state index is 4.29. The van der Waals surface area contributed by atoms with Gasteiger partial charge in [0, 0.05) is 26.2 Å². The topological polar surface area (TPSA) is 13.0 Å². The Morgan fingerprint density at radius 3 is 0.675 bits per heavy atom. The molecular weight excluding hydrogens is 585 g/mol. The number of hydrogen-bond donors (Lipinski definition) is 0. The fourth-order valence-corrected chi connectivity index (χ4v) is 25.2. The van der Waals surface area contributed by atoms with E-state index in [0.29, 0.717) is 0 Å². The van der Waals surface area contributed by atoms with E-state index in [9.17, 15) is 0 Å². The van der Waals surface area contributed by atoms with E-state index in [1.165, 1.54) is 0 Å². The van der Waals surface area contributed by atoms with Gasteiger partial charge in [-0.15, -0.1) is 39.5 Å². The van der Waals surface area contributed by atoms with Crippen molar-refractivity contribution in [3.05, 3.63) is 73.7 Å². The molecule has 0 radical (unpaired) electrons. The van der Waals surface area contributed by atoms with E-state index < -0.39 is 49.4 Å². The molecule has 0 amide bonds. The van der Waals surface area contributed by atoms with Gasteiger partial charge in [0.1, 0.15) is 49.4 Å².